The number of rotatable bonds is 5. The second-order valence-electron chi connectivity index (χ2n) is 9.18. The highest BCUT2D eigenvalue weighted by Crippen LogP contribution is 2.32. The van der Waals surface area contributed by atoms with Crippen LogP contribution in [0.3, 0.4) is 0 Å². The average Bonchev–Trinajstić information content (AvgIpc) is 3.52. The van der Waals surface area contributed by atoms with Crippen LogP contribution in [0, 0.1) is 5.92 Å². The summed E-state index contributed by atoms with van der Waals surface area (Å²) in [5.74, 6) is 0.770. The molecule has 0 atom stereocenters. The minimum atomic E-state index is 0.0564. The van der Waals surface area contributed by atoms with Gasteiger partial charge in [0.05, 0.1) is 29.0 Å². The average molecular weight is 488 g/mol. The van der Waals surface area contributed by atoms with Crippen LogP contribution in [0.15, 0.2) is 67.6 Å². The third-order valence-electron chi connectivity index (χ3n) is 6.82. The molecule has 0 saturated heterocycles. The molecule has 10 nitrogen and oxygen atoms in total. The lowest BCUT2D eigenvalue weighted by atomic mass is 9.85. The van der Waals surface area contributed by atoms with Gasteiger partial charge in [0.25, 0.3) is 0 Å². The molecular formula is C27H21N9O. The zero-order valence-corrected chi connectivity index (χ0v) is 19.6. The van der Waals surface area contributed by atoms with Gasteiger partial charge in [0.2, 0.25) is 5.91 Å². The van der Waals surface area contributed by atoms with Crippen molar-refractivity contribution in [2.75, 3.05) is 5.32 Å². The summed E-state index contributed by atoms with van der Waals surface area (Å²) in [7, 11) is 0. The van der Waals surface area contributed by atoms with E-state index in [9.17, 15) is 4.79 Å². The Kier molecular flexibility index (Phi) is 4.95. The summed E-state index contributed by atoms with van der Waals surface area (Å²) in [5, 5.41) is 11.3. The SMILES string of the molecule is O=C(Nc1cncc(-c2cnc3[nH]nc(-c4nc5c(-c6cccnc6)cncc5[nH]4)c3c2)c1)C1CCC1. The number of carbonyl (C=O) groups is 1. The Labute approximate surface area is 210 Å². The molecule has 0 unspecified atom stereocenters. The van der Waals surface area contributed by atoms with Gasteiger partial charge < -0.3 is 10.3 Å². The van der Waals surface area contributed by atoms with Crippen LogP contribution in [0.1, 0.15) is 19.3 Å². The number of fused-ring (bicyclic) bond motifs is 2. The Morgan fingerprint density at radius 3 is 2.65 bits per heavy atom. The fraction of sp³-hybridized carbons (Fsp3) is 0.148. The second kappa shape index (κ2) is 8.59. The van der Waals surface area contributed by atoms with Gasteiger partial charge in [-0.05, 0) is 31.0 Å². The van der Waals surface area contributed by atoms with Crippen LogP contribution in [0.4, 0.5) is 5.69 Å². The van der Waals surface area contributed by atoms with E-state index in [1.165, 1.54) is 0 Å². The first kappa shape index (κ1) is 21.3. The van der Waals surface area contributed by atoms with Crippen LogP contribution in [-0.4, -0.2) is 46.0 Å². The van der Waals surface area contributed by atoms with E-state index in [4.69, 9.17) is 4.98 Å². The van der Waals surface area contributed by atoms with E-state index >= 15 is 0 Å². The van der Waals surface area contributed by atoms with Gasteiger partial charge >= 0.3 is 0 Å². The molecule has 1 saturated carbocycles. The van der Waals surface area contributed by atoms with Crippen molar-refractivity contribution >= 4 is 33.7 Å². The molecule has 0 spiro atoms. The van der Waals surface area contributed by atoms with Gasteiger partial charge in [0.15, 0.2) is 11.5 Å². The minimum Gasteiger partial charge on any atom is -0.335 e. The van der Waals surface area contributed by atoms with Gasteiger partial charge in [-0.25, -0.2) is 9.97 Å². The van der Waals surface area contributed by atoms with Crippen LogP contribution in [0.25, 0.3) is 55.8 Å². The molecule has 1 fully saturated rings. The third-order valence-corrected chi connectivity index (χ3v) is 6.82. The first-order chi connectivity index (χ1) is 18.2. The predicted octanol–water partition coefficient (Wildman–Crippen LogP) is 4.76. The third kappa shape index (κ3) is 3.79. The van der Waals surface area contributed by atoms with Crippen molar-refractivity contribution in [3.63, 3.8) is 0 Å². The number of hydrogen-bond acceptors (Lipinski definition) is 7. The van der Waals surface area contributed by atoms with Crippen LogP contribution in [0.5, 0.6) is 0 Å². The Morgan fingerprint density at radius 2 is 1.81 bits per heavy atom. The van der Waals surface area contributed by atoms with E-state index in [2.05, 4.69) is 40.4 Å². The Balaban J connectivity index is 1.26. The van der Waals surface area contributed by atoms with Crippen molar-refractivity contribution in [2.24, 2.45) is 5.92 Å². The molecule has 3 N–H and O–H groups in total. The first-order valence-electron chi connectivity index (χ1n) is 12.1. The number of anilines is 1. The molecule has 7 rings (SSSR count). The largest absolute Gasteiger partial charge is 0.335 e. The molecule has 1 amide bonds. The Morgan fingerprint density at radius 1 is 0.946 bits per heavy atom. The van der Waals surface area contributed by atoms with E-state index in [-0.39, 0.29) is 11.8 Å². The highest BCUT2D eigenvalue weighted by atomic mass is 16.1. The fourth-order valence-corrected chi connectivity index (χ4v) is 4.60. The smallest absolute Gasteiger partial charge is 0.227 e. The maximum atomic E-state index is 12.4. The molecule has 6 heterocycles. The van der Waals surface area contributed by atoms with Crippen LogP contribution in [-0.2, 0) is 4.79 Å². The summed E-state index contributed by atoms with van der Waals surface area (Å²) in [6.45, 7) is 0. The highest BCUT2D eigenvalue weighted by molar-refractivity contribution is 5.97. The van der Waals surface area contributed by atoms with Gasteiger partial charge in [-0.2, -0.15) is 5.10 Å². The van der Waals surface area contributed by atoms with E-state index in [0.717, 1.165) is 57.9 Å². The molecule has 6 aromatic rings. The van der Waals surface area contributed by atoms with Gasteiger partial charge in [-0.3, -0.25) is 24.8 Å². The summed E-state index contributed by atoms with van der Waals surface area (Å²) >= 11 is 0. The summed E-state index contributed by atoms with van der Waals surface area (Å²) in [6.07, 6.45) is 15.3. The van der Waals surface area contributed by atoms with Crippen molar-refractivity contribution in [1.82, 2.24) is 40.1 Å². The number of pyridine rings is 4. The van der Waals surface area contributed by atoms with Gasteiger partial charge in [-0.15, -0.1) is 0 Å². The predicted molar refractivity (Wildman–Crippen MR) is 139 cm³/mol. The molecule has 180 valence electrons. The molecule has 1 aliphatic rings. The van der Waals surface area contributed by atoms with Crippen LogP contribution >= 0.6 is 0 Å². The number of amides is 1. The number of aromatic nitrogens is 8. The van der Waals surface area contributed by atoms with Gasteiger partial charge in [0.1, 0.15) is 11.2 Å². The number of hydrogen-bond donors (Lipinski definition) is 3. The lowest BCUT2D eigenvalue weighted by molar-refractivity contribution is -0.122. The summed E-state index contributed by atoms with van der Waals surface area (Å²) in [4.78, 5) is 38.1. The minimum absolute atomic E-state index is 0.0564. The maximum absolute atomic E-state index is 12.4. The molecular weight excluding hydrogens is 466 g/mol. The first-order valence-corrected chi connectivity index (χ1v) is 12.1. The Hall–Kier alpha value is -4.99. The number of nitrogens with one attached hydrogen (secondary N) is 3. The number of H-pyrrole nitrogens is 2. The molecule has 10 heteroatoms. The van der Waals surface area contributed by atoms with E-state index in [1.807, 2.05) is 24.3 Å². The molecule has 37 heavy (non-hydrogen) atoms. The van der Waals surface area contributed by atoms with E-state index in [0.29, 0.717) is 22.9 Å². The lowest BCUT2D eigenvalue weighted by Crippen LogP contribution is -2.28. The number of imidazole rings is 1. The van der Waals surface area contributed by atoms with E-state index < -0.39 is 0 Å². The second-order valence-corrected chi connectivity index (χ2v) is 9.18. The number of nitrogens with zero attached hydrogens (tertiary/aromatic N) is 6. The van der Waals surface area contributed by atoms with Crippen LogP contribution in [0.2, 0.25) is 0 Å². The summed E-state index contributed by atoms with van der Waals surface area (Å²) < 4.78 is 0. The highest BCUT2D eigenvalue weighted by Gasteiger charge is 2.25. The fourth-order valence-electron chi connectivity index (χ4n) is 4.60. The van der Waals surface area contributed by atoms with Crippen LogP contribution < -0.4 is 5.32 Å². The summed E-state index contributed by atoms with van der Waals surface area (Å²) in [5.41, 5.74) is 7.09. The zero-order chi connectivity index (χ0) is 24.8. The maximum Gasteiger partial charge on any atom is 0.227 e. The Bertz CT molecular complexity index is 1770. The monoisotopic (exact) mass is 487 g/mol. The summed E-state index contributed by atoms with van der Waals surface area (Å²) in [6, 6.07) is 7.79. The van der Waals surface area contributed by atoms with Gasteiger partial charge in [-0.1, -0.05) is 12.5 Å². The molecule has 0 aliphatic heterocycles. The number of aromatic amines is 2. The van der Waals surface area contributed by atoms with Crippen molar-refractivity contribution < 1.29 is 4.79 Å². The molecule has 0 aromatic carbocycles. The van der Waals surface area contributed by atoms with Crippen molar-refractivity contribution in [2.45, 2.75) is 19.3 Å². The molecule has 1 aliphatic carbocycles. The molecule has 0 bridgehead atoms. The molecule has 6 aromatic heterocycles. The zero-order valence-electron chi connectivity index (χ0n) is 19.6. The molecule has 0 radical (unpaired) electrons. The standard InChI is InChI=1S/C27H21N9O/c37-27(15-3-1-4-15)32-19-7-17(10-29-12-19)18-8-20-24(35-36-25(20)31-11-18)26-33-22-14-30-13-21(23(22)34-26)16-5-2-6-28-9-16/h2,5-15H,1,3-4H2,(H,32,37)(H,33,34)(H,31,35,36). The quantitative estimate of drug-likeness (QED) is 0.319. The van der Waals surface area contributed by atoms with Crippen molar-refractivity contribution in [1.29, 1.82) is 0 Å². The normalized spacial score (nSPS) is 13.6. The number of carbonyl (C=O) groups excluding carboxylic acids is 1. The van der Waals surface area contributed by atoms with Gasteiger partial charge in [0, 0.05) is 59.2 Å². The van der Waals surface area contributed by atoms with Crippen molar-refractivity contribution in [3.8, 4) is 33.8 Å². The van der Waals surface area contributed by atoms with E-state index in [1.54, 1.807) is 43.4 Å². The lowest BCUT2D eigenvalue weighted by Gasteiger charge is -2.24. The topological polar surface area (TPSA) is 138 Å². The van der Waals surface area contributed by atoms with Crippen molar-refractivity contribution in [3.05, 3.63) is 67.6 Å².